The summed E-state index contributed by atoms with van der Waals surface area (Å²) in [6.45, 7) is 3.80. The van der Waals surface area contributed by atoms with E-state index in [4.69, 9.17) is 11.6 Å². The van der Waals surface area contributed by atoms with E-state index in [1.165, 1.54) is 18.2 Å². The number of anilines is 1. The minimum absolute atomic E-state index is 0.0317. The van der Waals surface area contributed by atoms with Gasteiger partial charge in [0.15, 0.2) is 0 Å². The van der Waals surface area contributed by atoms with Crippen LogP contribution in [0.1, 0.15) is 23.1 Å². The lowest BCUT2D eigenvalue weighted by Crippen LogP contribution is -2.50. The summed E-state index contributed by atoms with van der Waals surface area (Å²) >= 11 is 6.13. The second kappa shape index (κ2) is 10.4. The van der Waals surface area contributed by atoms with Crippen molar-refractivity contribution >= 4 is 29.1 Å². The molecular weight excluding hydrogens is 443 g/mol. The molecule has 0 atom stereocenters. The molecule has 32 heavy (non-hydrogen) atoms. The Balaban J connectivity index is 1.45. The topological polar surface area (TPSA) is 52.7 Å². The summed E-state index contributed by atoms with van der Waals surface area (Å²) in [5.74, 6) is -0.484. The monoisotopic (exact) mass is 467 g/mol. The summed E-state index contributed by atoms with van der Waals surface area (Å²) in [6, 6.07) is 10.7. The number of carbonyl (C=O) groups excluding carboxylic acids is 2. The summed E-state index contributed by atoms with van der Waals surface area (Å²) in [6.07, 6.45) is -3.58. The molecule has 0 unspecified atom stereocenters. The molecule has 2 aromatic carbocycles. The molecule has 0 radical (unpaired) electrons. The van der Waals surface area contributed by atoms with Crippen LogP contribution in [0, 0.1) is 6.92 Å². The number of amides is 2. The zero-order valence-corrected chi connectivity index (χ0v) is 18.5. The summed E-state index contributed by atoms with van der Waals surface area (Å²) in [5, 5.41) is 3.03. The smallest absolute Gasteiger partial charge is 0.340 e. The van der Waals surface area contributed by atoms with Crippen molar-refractivity contribution in [3.63, 3.8) is 0 Å². The molecule has 0 aromatic heterocycles. The first-order valence-electron chi connectivity index (χ1n) is 10.3. The third-order valence-electron chi connectivity index (χ3n) is 5.46. The van der Waals surface area contributed by atoms with Gasteiger partial charge in [0.25, 0.3) is 0 Å². The second-order valence-corrected chi connectivity index (χ2v) is 8.24. The predicted molar refractivity (Wildman–Crippen MR) is 118 cm³/mol. The van der Waals surface area contributed by atoms with Crippen LogP contribution >= 0.6 is 11.6 Å². The van der Waals surface area contributed by atoms with Gasteiger partial charge < -0.3 is 10.2 Å². The number of para-hydroxylation sites is 1. The molecule has 1 aliphatic rings. The number of alkyl halides is 3. The number of halogens is 4. The van der Waals surface area contributed by atoms with E-state index in [1.807, 2.05) is 30.0 Å². The van der Waals surface area contributed by atoms with Gasteiger partial charge in [0.05, 0.1) is 17.8 Å². The molecule has 1 fully saturated rings. The van der Waals surface area contributed by atoms with E-state index in [9.17, 15) is 22.8 Å². The number of piperazine rings is 1. The average molecular weight is 468 g/mol. The molecule has 0 spiro atoms. The van der Waals surface area contributed by atoms with Crippen LogP contribution in [0.15, 0.2) is 42.5 Å². The number of nitrogens with one attached hydrogen (secondary N) is 1. The standard InChI is InChI=1S/C23H25ClF3N3O2/c1-16-6-7-17(14-19(16)24)8-9-22(32)30-12-10-29(11-13-30)15-21(31)28-20-5-3-2-4-18(20)23(25,26)27/h2-7,14H,8-13,15H2,1H3,(H,28,31). The predicted octanol–water partition coefficient (Wildman–Crippen LogP) is 4.38. The number of nitrogens with zero attached hydrogens (tertiary/aromatic N) is 2. The second-order valence-electron chi connectivity index (χ2n) is 7.83. The first kappa shape index (κ1) is 24.1. The van der Waals surface area contributed by atoms with Crippen LogP contribution in [0.3, 0.4) is 0 Å². The Bertz CT molecular complexity index is 973. The fourth-order valence-electron chi connectivity index (χ4n) is 3.59. The van der Waals surface area contributed by atoms with E-state index in [-0.39, 0.29) is 18.1 Å². The molecule has 1 heterocycles. The lowest BCUT2D eigenvalue weighted by molar-refractivity contribution is -0.137. The third kappa shape index (κ3) is 6.46. The van der Waals surface area contributed by atoms with Crippen LogP contribution in [0.25, 0.3) is 0 Å². The van der Waals surface area contributed by atoms with E-state index < -0.39 is 17.6 Å². The Morgan fingerprint density at radius 1 is 1.06 bits per heavy atom. The molecule has 1 saturated heterocycles. The molecule has 0 aliphatic carbocycles. The van der Waals surface area contributed by atoms with Crippen molar-refractivity contribution in [1.82, 2.24) is 9.80 Å². The third-order valence-corrected chi connectivity index (χ3v) is 5.87. The van der Waals surface area contributed by atoms with Crippen molar-refractivity contribution in [2.24, 2.45) is 0 Å². The summed E-state index contributed by atoms with van der Waals surface area (Å²) in [4.78, 5) is 28.4. The molecule has 2 aromatic rings. The van der Waals surface area contributed by atoms with Gasteiger partial charge in [-0.25, -0.2) is 0 Å². The number of rotatable bonds is 6. The first-order chi connectivity index (χ1) is 15.1. The molecule has 172 valence electrons. The van der Waals surface area contributed by atoms with Gasteiger partial charge in [0.1, 0.15) is 0 Å². The van der Waals surface area contributed by atoms with Gasteiger partial charge in [-0.15, -0.1) is 0 Å². The Morgan fingerprint density at radius 3 is 2.41 bits per heavy atom. The molecule has 0 bridgehead atoms. The van der Waals surface area contributed by atoms with Gasteiger partial charge in [0, 0.05) is 37.6 Å². The van der Waals surface area contributed by atoms with Crippen molar-refractivity contribution < 1.29 is 22.8 Å². The van der Waals surface area contributed by atoms with Crippen molar-refractivity contribution in [2.75, 3.05) is 38.0 Å². The highest BCUT2D eigenvalue weighted by molar-refractivity contribution is 6.31. The normalized spacial score (nSPS) is 15.0. The Morgan fingerprint density at radius 2 is 1.75 bits per heavy atom. The summed E-state index contributed by atoms with van der Waals surface area (Å²) < 4.78 is 39.2. The fourth-order valence-corrected chi connectivity index (χ4v) is 3.79. The van der Waals surface area contributed by atoms with Crippen LogP contribution < -0.4 is 5.32 Å². The van der Waals surface area contributed by atoms with Crippen molar-refractivity contribution in [3.8, 4) is 0 Å². The zero-order chi connectivity index (χ0) is 23.3. The maximum absolute atomic E-state index is 13.1. The van der Waals surface area contributed by atoms with E-state index >= 15 is 0 Å². The van der Waals surface area contributed by atoms with Crippen molar-refractivity contribution in [1.29, 1.82) is 0 Å². The Labute approximate surface area is 190 Å². The van der Waals surface area contributed by atoms with Gasteiger partial charge in [-0.3, -0.25) is 14.5 Å². The minimum atomic E-state index is -4.54. The highest BCUT2D eigenvalue weighted by Gasteiger charge is 2.33. The van der Waals surface area contributed by atoms with E-state index in [1.54, 1.807) is 4.90 Å². The van der Waals surface area contributed by atoms with Crippen LogP contribution in [0.2, 0.25) is 5.02 Å². The molecule has 9 heteroatoms. The zero-order valence-electron chi connectivity index (χ0n) is 17.7. The lowest BCUT2D eigenvalue weighted by Gasteiger charge is -2.34. The fraction of sp³-hybridized carbons (Fsp3) is 0.391. The number of hydrogen-bond donors (Lipinski definition) is 1. The minimum Gasteiger partial charge on any atom is -0.340 e. The van der Waals surface area contributed by atoms with Gasteiger partial charge in [0.2, 0.25) is 11.8 Å². The molecule has 1 aliphatic heterocycles. The maximum Gasteiger partial charge on any atom is 0.418 e. The summed E-state index contributed by atoms with van der Waals surface area (Å²) in [7, 11) is 0. The number of aryl methyl sites for hydroxylation is 2. The van der Waals surface area contributed by atoms with Gasteiger partial charge in [-0.05, 0) is 42.7 Å². The van der Waals surface area contributed by atoms with Gasteiger partial charge >= 0.3 is 6.18 Å². The van der Waals surface area contributed by atoms with Crippen molar-refractivity contribution in [2.45, 2.75) is 25.9 Å². The Kier molecular flexibility index (Phi) is 7.79. The highest BCUT2D eigenvalue weighted by atomic mass is 35.5. The quantitative estimate of drug-likeness (QED) is 0.686. The SMILES string of the molecule is Cc1ccc(CCC(=O)N2CCN(CC(=O)Nc3ccccc3C(F)(F)F)CC2)cc1Cl. The van der Waals surface area contributed by atoms with Crippen LogP contribution in [0.4, 0.5) is 18.9 Å². The average Bonchev–Trinajstić information content (AvgIpc) is 2.74. The molecule has 3 rings (SSSR count). The Hall–Kier alpha value is -2.58. The maximum atomic E-state index is 13.1. The van der Waals surface area contributed by atoms with Crippen LogP contribution in [0.5, 0.6) is 0 Å². The first-order valence-corrected chi connectivity index (χ1v) is 10.7. The largest absolute Gasteiger partial charge is 0.418 e. The van der Waals surface area contributed by atoms with Crippen LogP contribution in [-0.2, 0) is 22.2 Å². The molecule has 5 nitrogen and oxygen atoms in total. The van der Waals surface area contributed by atoms with Crippen LogP contribution in [-0.4, -0.2) is 54.3 Å². The van der Waals surface area contributed by atoms with E-state index in [2.05, 4.69) is 5.32 Å². The molecule has 2 amide bonds. The molecule has 0 saturated carbocycles. The summed E-state index contributed by atoms with van der Waals surface area (Å²) in [5.41, 5.74) is 0.862. The molecular formula is C23H25ClF3N3O2. The van der Waals surface area contributed by atoms with E-state index in [0.29, 0.717) is 44.0 Å². The highest BCUT2D eigenvalue weighted by Crippen LogP contribution is 2.34. The van der Waals surface area contributed by atoms with Crippen molar-refractivity contribution in [3.05, 3.63) is 64.2 Å². The number of hydrogen-bond acceptors (Lipinski definition) is 3. The number of benzene rings is 2. The van der Waals surface area contributed by atoms with Gasteiger partial charge in [-0.1, -0.05) is 35.9 Å². The molecule has 1 N–H and O–H groups in total. The lowest BCUT2D eigenvalue weighted by atomic mass is 10.1. The number of carbonyl (C=O) groups is 2. The van der Waals surface area contributed by atoms with E-state index in [0.717, 1.165) is 17.2 Å². The van der Waals surface area contributed by atoms with Gasteiger partial charge in [-0.2, -0.15) is 13.2 Å².